The molecule has 2 aliphatic heterocycles. The van der Waals surface area contributed by atoms with E-state index in [0.717, 1.165) is 24.3 Å². The third kappa shape index (κ3) is 4.82. The predicted molar refractivity (Wildman–Crippen MR) is 118 cm³/mol. The van der Waals surface area contributed by atoms with Gasteiger partial charge in [0.1, 0.15) is 11.6 Å². The number of nitrogens with zero attached hydrogens (tertiary/aromatic N) is 3. The fourth-order valence-corrected chi connectivity index (χ4v) is 5.27. The Labute approximate surface area is 199 Å². The van der Waals surface area contributed by atoms with Gasteiger partial charge >= 0.3 is 6.18 Å². The topological polar surface area (TPSA) is 56.6 Å². The molecular weight excluding hydrogens is 469 g/mol. The van der Waals surface area contributed by atoms with E-state index in [1.807, 2.05) is 4.90 Å². The minimum Gasteiger partial charge on any atom is -0.384 e. The second-order valence-corrected chi connectivity index (χ2v) is 9.15. The van der Waals surface area contributed by atoms with Crippen LogP contribution >= 0.6 is 0 Å². The van der Waals surface area contributed by atoms with Gasteiger partial charge in [-0.05, 0) is 54.7 Å². The number of halogens is 5. The first kappa shape index (κ1) is 24.9. The summed E-state index contributed by atoms with van der Waals surface area (Å²) in [4.78, 5) is 16.2. The lowest BCUT2D eigenvalue weighted by Crippen LogP contribution is -2.47. The molecule has 2 fully saturated rings. The predicted octanol–water partition coefficient (Wildman–Crippen LogP) is 4.86. The first-order valence-electron chi connectivity index (χ1n) is 11.2. The maximum Gasteiger partial charge on any atom is 0.417 e. The van der Waals surface area contributed by atoms with Crippen LogP contribution in [-0.2, 0) is 10.9 Å². The zero-order valence-corrected chi connectivity index (χ0v) is 19.0. The fraction of sp³-hybridized carbons (Fsp3) is 0.440. The molecule has 5 nitrogen and oxygen atoms in total. The molecule has 0 radical (unpaired) electrons. The summed E-state index contributed by atoms with van der Waals surface area (Å²) >= 11 is 0. The van der Waals surface area contributed by atoms with Crippen molar-refractivity contribution >= 4 is 11.6 Å². The molecule has 0 bridgehead atoms. The number of anilines is 1. The standard InChI is InChI=1S/C25H24F5N3O2/c1-35-14-17-13-33(19-4-2-16(12-31)21(11-19)25(28,29)30)15-24(17)6-8-32(9-7-24)23(34)20-10-18(26)3-5-22(20)27/h2-5,10-11,17H,6-9,13-15H2,1H3. The minimum absolute atomic E-state index is 0.000591. The number of amides is 1. The van der Waals surface area contributed by atoms with Crippen LogP contribution in [0.3, 0.4) is 0 Å². The van der Waals surface area contributed by atoms with Crippen LogP contribution in [0.2, 0.25) is 0 Å². The van der Waals surface area contributed by atoms with Gasteiger partial charge in [-0.3, -0.25) is 4.79 Å². The number of carbonyl (C=O) groups is 1. The van der Waals surface area contributed by atoms with Crippen LogP contribution in [0.5, 0.6) is 0 Å². The van der Waals surface area contributed by atoms with Gasteiger partial charge < -0.3 is 14.5 Å². The minimum atomic E-state index is -4.65. The van der Waals surface area contributed by atoms with Gasteiger partial charge in [-0.25, -0.2) is 8.78 Å². The lowest BCUT2D eigenvalue weighted by Gasteiger charge is -2.42. The molecule has 2 aromatic rings. The Hall–Kier alpha value is -3.19. The molecule has 4 rings (SSSR count). The highest BCUT2D eigenvalue weighted by Crippen LogP contribution is 2.47. The van der Waals surface area contributed by atoms with E-state index in [0.29, 0.717) is 51.3 Å². The van der Waals surface area contributed by atoms with Gasteiger partial charge in [0.05, 0.1) is 29.4 Å². The van der Waals surface area contributed by atoms with Gasteiger partial charge in [-0.15, -0.1) is 0 Å². The van der Waals surface area contributed by atoms with Crippen LogP contribution in [0.1, 0.15) is 34.3 Å². The summed E-state index contributed by atoms with van der Waals surface area (Å²) in [6, 6.07) is 8.06. The highest BCUT2D eigenvalue weighted by atomic mass is 19.4. The number of alkyl halides is 3. The van der Waals surface area contributed by atoms with Gasteiger partial charge in [0.25, 0.3) is 5.91 Å². The van der Waals surface area contributed by atoms with Crippen molar-refractivity contribution in [3.8, 4) is 6.07 Å². The van der Waals surface area contributed by atoms with Crippen LogP contribution in [0, 0.1) is 34.3 Å². The largest absolute Gasteiger partial charge is 0.417 e. The van der Waals surface area contributed by atoms with Crippen molar-refractivity contribution in [2.75, 3.05) is 44.8 Å². The number of nitriles is 1. The van der Waals surface area contributed by atoms with Gasteiger partial charge in [0.2, 0.25) is 0 Å². The van der Waals surface area contributed by atoms with E-state index < -0.39 is 34.8 Å². The number of likely N-dealkylation sites (tertiary alicyclic amines) is 1. The molecule has 0 saturated carbocycles. The monoisotopic (exact) mass is 493 g/mol. The molecule has 2 aromatic carbocycles. The van der Waals surface area contributed by atoms with Crippen molar-refractivity contribution in [1.82, 2.24) is 4.90 Å². The number of benzene rings is 2. The number of methoxy groups -OCH3 is 1. The van der Waals surface area contributed by atoms with Crippen molar-refractivity contribution in [1.29, 1.82) is 5.26 Å². The number of ether oxygens (including phenoxy) is 1. The van der Waals surface area contributed by atoms with E-state index in [1.54, 1.807) is 13.2 Å². The fourth-order valence-electron chi connectivity index (χ4n) is 5.27. The molecule has 1 spiro atoms. The quantitative estimate of drug-likeness (QED) is 0.571. The summed E-state index contributed by atoms with van der Waals surface area (Å²) in [7, 11) is 1.56. The van der Waals surface area contributed by atoms with E-state index in [-0.39, 0.29) is 16.9 Å². The highest BCUT2D eigenvalue weighted by molar-refractivity contribution is 5.94. The smallest absolute Gasteiger partial charge is 0.384 e. The first-order valence-corrected chi connectivity index (χ1v) is 11.2. The molecule has 0 aliphatic carbocycles. The summed E-state index contributed by atoms with van der Waals surface area (Å²) in [5, 5.41) is 9.08. The maximum atomic E-state index is 14.1. The summed E-state index contributed by atoms with van der Waals surface area (Å²) in [6.07, 6.45) is -3.56. The number of hydrogen-bond acceptors (Lipinski definition) is 4. The Kier molecular flexibility index (Phi) is 6.73. The van der Waals surface area contributed by atoms with Crippen molar-refractivity contribution in [3.05, 3.63) is 64.7 Å². The average molecular weight is 493 g/mol. The van der Waals surface area contributed by atoms with E-state index in [9.17, 15) is 26.7 Å². The van der Waals surface area contributed by atoms with Crippen molar-refractivity contribution in [2.24, 2.45) is 11.3 Å². The summed E-state index contributed by atoms with van der Waals surface area (Å²) in [5.41, 5.74) is -1.67. The van der Waals surface area contributed by atoms with E-state index in [1.165, 1.54) is 17.0 Å². The number of carbonyl (C=O) groups excluding carboxylic acids is 1. The number of rotatable bonds is 4. The van der Waals surface area contributed by atoms with Gasteiger partial charge in [0.15, 0.2) is 0 Å². The molecule has 1 atom stereocenters. The number of hydrogen-bond donors (Lipinski definition) is 0. The lowest BCUT2D eigenvalue weighted by molar-refractivity contribution is -0.137. The lowest BCUT2D eigenvalue weighted by atomic mass is 9.71. The van der Waals surface area contributed by atoms with Crippen LogP contribution in [0.25, 0.3) is 0 Å². The van der Waals surface area contributed by atoms with Crippen LogP contribution in [0.4, 0.5) is 27.6 Å². The Morgan fingerprint density at radius 1 is 1.17 bits per heavy atom. The molecule has 2 aliphatic rings. The SMILES string of the molecule is COCC1CN(c2ccc(C#N)c(C(F)(F)F)c2)CC12CCN(C(=O)c1cc(F)ccc1F)CC2. The third-order valence-corrected chi connectivity index (χ3v) is 7.18. The Bertz CT molecular complexity index is 1150. The molecule has 1 amide bonds. The van der Waals surface area contributed by atoms with E-state index >= 15 is 0 Å². The molecule has 1 unspecified atom stereocenters. The molecule has 2 saturated heterocycles. The molecule has 10 heteroatoms. The van der Waals surface area contributed by atoms with Gasteiger partial charge in [-0.1, -0.05) is 0 Å². The Morgan fingerprint density at radius 3 is 2.51 bits per heavy atom. The third-order valence-electron chi connectivity index (χ3n) is 7.18. The summed E-state index contributed by atoms with van der Waals surface area (Å²) in [5.74, 6) is -2.07. The molecule has 35 heavy (non-hydrogen) atoms. The molecule has 0 N–H and O–H groups in total. The Morgan fingerprint density at radius 2 is 1.89 bits per heavy atom. The molecule has 2 heterocycles. The van der Waals surface area contributed by atoms with Crippen molar-refractivity contribution in [3.63, 3.8) is 0 Å². The van der Waals surface area contributed by atoms with E-state index in [2.05, 4.69) is 0 Å². The van der Waals surface area contributed by atoms with E-state index in [4.69, 9.17) is 10.00 Å². The van der Waals surface area contributed by atoms with Gasteiger partial charge in [0, 0.05) is 44.9 Å². The van der Waals surface area contributed by atoms with Crippen molar-refractivity contribution < 1.29 is 31.5 Å². The van der Waals surface area contributed by atoms with Crippen LogP contribution in [-0.4, -0.2) is 50.7 Å². The Balaban J connectivity index is 1.54. The average Bonchev–Trinajstić information content (AvgIpc) is 3.17. The van der Waals surface area contributed by atoms with Gasteiger partial charge in [-0.2, -0.15) is 18.4 Å². The maximum absolute atomic E-state index is 14.1. The normalized spacial score (nSPS) is 19.7. The summed E-state index contributed by atoms with van der Waals surface area (Å²) < 4.78 is 73.5. The number of piperidine rings is 1. The van der Waals surface area contributed by atoms with Crippen molar-refractivity contribution in [2.45, 2.75) is 19.0 Å². The molecule has 186 valence electrons. The zero-order chi connectivity index (χ0) is 25.4. The first-order chi connectivity index (χ1) is 16.6. The molecule has 0 aromatic heterocycles. The second-order valence-electron chi connectivity index (χ2n) is 9.15. The zero-order valence-electron chi connectivity index (χ0n) is 19.0. The second kappa shape index (κ2) is 9.46. The summed E-state index contributed by atoms with van der Waals surface area (Å²) in [6.45, 7) is 1.93. The van der Waals surface area contributed by atoms with Crippen LogP contribution in [0.15, 0.2) is 36.4 Å². The molecular formula is C25H24F5N3O2. The highest BCUT2D eigenvalue weighted by Gasteiger charge is 2.49. The van der Waals surface area contributed by atoms with Crippen LogP contribution < -0.4 is 4.90 Å².